The predicted molar refractivity (Wildman–Crippen MR) is 103 cm³/mol. The van der Waals surface area contributed by atoms with E-state index in [1.54, 1.807) is 16.9 Å². The fourth-order valence-electron chi connectivity index (χ4n) is 2.73. The Morgan fingerprint density at radius 2 is 1.87 bits per heavy atom. The van der Waals surface area contributed by atoms with Crippen LogP contribution in [0.1, 0.15) is 42.7 Å². The molecule has 30 heavy (non-hydrogen) atoms. The van der Waals surface area contributed by atoms with Crippen molar-refractivity contribution in [2.75, 3.05) is 5.32 Å². The van der Waals surface area contributed by atoms with Gasteiger partial charge in [-0.25, -0.2) is 14.5 Å². The third-order valence-electron chi connectivity index (χ3n) is 4.27. The summed E-state index contributed by atoms with van der Waals surface area (Å²) in [6.07, 6.45) is -2.87. The molecule has 10 heteroatoms. The normalized spacial score (nSPS) is 12.8. The van der Waals surface area contributed by atoms with Gasteiger partial charge >= 0.3 is 12.1 Å². The lowest BCUT2D eigenvalue weighted by atomic mass is 10.2. The van der Waals surface area contributed by atoms with Crippen molar-refractivity contribution in [2.24, 2.45) is 0 Å². The molecule has 0 aliphatic carbocycles. The number of esters is 1. The van der Waals surface area contributed by atoms with E-state index in [9.17, 15) is 22.8 Å². The summed E-state index contributed by atoms with van der Waals surface area (Å²) in [5, 5.41) is 7.16. The minimum atomic E-state index is -4.53. The number of alkyl halides is 3. The summed E-state index contributed by atoms with van der Waals surface area (Å²) in [5.74, 6) is -1.54. The molecule has 0 fully saturated rings. The van der Waals surface area contributed by atoms with Gasteiger partial charge < -0.3 is 10.1 Å². The summed E-state index contributed by atoms with van der Waals surface area (Å²) in [7, 11) is 0. The van der Waals surface area contributed by atoms with E-state index in [0.717, 1.165) is 12.1 Å². The molecule has 0 saturated carbocycles. The molecule has 0 saturated heterocycles. The van der Waals surface area contributed by atoms with E-state index < -0.39 is 29.7 Å². The Bertz CT molecular complexity index is 1090. The first-order valence-corrected chi connectivity index (χ1v) is 9.08. The predicted octanol–water partition coefficient (Wildman–Crippen LogP) is 4.22. The van der Waals surface area contributed by atoms with Crippen LogP contribution in [0.15, 0.2) is 42.7 Å². The van der Waals surface area contributed by atoms with E-state index in [4.69, 9.17) is 4.74 Å². The Balaban J connectivity index is 1.68. The molecular formula is C20H19F3N4O3. The van der Waals surface area contributed by atoms with Gasteiger partial charge in [0.25, 0.3) is 5.91 Å². The molecule has 7 nitrogen and oxygen atoms in total. The number of carbonyl (C=O) groups is 2. The number of fused-ring (bicyclic) bond motifs is 1. The van der Waals surface area contributed by atoms with Crippen LogP contribution in [0.2, 0.25) is 0 Å². The summed E-state index contributed by atoms with van der Waals surface area (Å²) in [5.41, 5.74) is -0.213. The Hall–Kier alpha value is -3.43. The number of aromatic nitrogens is 3. The zero-order chi connectivity index (χ0) is 22.1. The minimum Gasteiger partial charge on any atom is -0.449 e. The van der Waals surface area contributed by atoms with Gasteiger partial charge in [-0.15, -0.1) is 0 Å². The Morgan fingerprint density at radius 3 is 2.53 bits per heavy atom. The van der Waals surface area contributed by atoms with Crippen molar-refractivity contribution in [3.8, 4) is 0 Å². The van der Waals surface area contributed by atoms with Crippen LogP contribution in [0.4, 0.5) is 18.9 Å². The molecular weight excluding hydrogens is 401 g/mol. The van der Waals surface area contributed by atoms with Gasteiger partial charge in [-0.1, -0.05) is 6.07 Å². The maximum atomic E-state index is 12.8. The molecule has 1 unspecified atom stereocenters. The Labute approximate surface area is 169 Å². The van der Waals surface area contributed by atoms with Gasteiger partial charge in [0.2, 0.25) is 0 Å². The second-order valence-electron chi connectivity index (χ2n) is 6.94. The minimum absolute atomic E-state index is 0.0538. The number of pyridine rings is 1. The molecule has 0 bridgehead atoms. The Morgan fingerprint density at radius 1 is 1.13 bits per heavy atom. The van der Waals surface area contributed by atoms with Crippen molar-refractivity contribution >= 4 is 28.6 Å². The van der Waals surface area contributed by atoms with Crippen molar-refractivity contribution < 1.29 is 27.5 Å². The third-order valence-corrected chi connectivity index (χ3v) is 4.27. The number of carbonyl (C=O) groups excluding carboxylic acids is 2. The maximum absolute atomic E-state index is 12.8. The first kappa shape index (κ1) is 21.3. The van der Waals surface area contributed by atoms with Crippen LogP contribution in [-0.4, -0.2) is 32.7 Å². The highest BCUT2D eigenvalue weighted by Crippen LogP contribution is 2.30. The van der Waals surface area contributed by atoms with Gasteiger partial charge in [0, 0.05) is 23.3 Å². The zero-order valence-electron chi connectivity index (χ0n) is 16.4. The highest BCUT2D eigenvalue weighted by molar-refractivity contribution is 5.98. The number of hydrogen-bond acceptors (Lipinski definition) is 5. The fourth-order valence-corrected chi connectivity index (χ4v) is 2.73. The highest BCUT2D eigenvalue weighted by atomic mass is 19.4. The summed E-state index contributed by atoms with van der Waals surface area (Å²) in [4.78, 5) is 28.8. The molecule has 0 spiro atoms. The zero-order valence-corrected chi connectivity index (χ0v) is 16.4. The first-order valence-electron chi connectivity index (χ1n) is 9.08. The van der Waals surface area contributed by atoms with Crippen molar-refractivity contribution in [2.45, 2.75) is 39.1 Å². The number of ether oxygens (including phenoxy) is 1. The standard InChI is InChI=1S/C20H19F3N4O3/c1-11(2)27-17-13(10-25-27)7-14(9-24-17)19(29)30-12(3)18(28)26-16-6-4-5-15(8-16)20(21,22)23/h4-12H,1-3H3,(H,26,28). The van der Waals surface area contributed by atoms with Crippen LogP contribution in [0.5, 0.6) is 0 Å². The second kappa shape index (κ2) is 8.13. The molecule has 3 rings (SSSR count). The van der Waals surface area contributed by atoms with Gasteiger partial charge in [0.1, 0.15) is 0 Å². The van der Waals surface area contributed by atoms with Gasteiger partial charge in [0.05, 0.1) is 17.3 Å². The van der Waals surface area contributed by atoms with Crippen LogP contribution < -0.4 is 5.32 Å². The van der Waals surface area contributed by atoms with Gasteiger partial charge in [-0.05, 0) is 45.0 Å². The molecule has 1 amide bonds. The fraction of sp³-hybridized carbons (Fsp3) is 0.300. The van der Waals surface area contributed by atoms with Crippen molar-refractivity contribution in [1.29, 1.82) is 0 Å². The number of nitrogens with zero attached hydrogens (tertiary/aromatic N) is 3. The summed E-state index contributed by atoms with van der Waals surface area (Å²) in [6, 6.07) is 5.82. The van der Waals surface area contributed by atoms with Crippen LogP contribution >= 0.6 is 0 Å². The van der Waals surface area contributed by atoms with Gasteiger partial charge in [-0.2, -0.15) is 18.3 Å². The SMILES string of the molecule is CC(OC(=O)c1cnc2c(cnn2C(C)C)c1)C(=O)Nc1cccc(C(F)(F)F)c1. The van der Waals surface area contributed by atoms with E-state index in [-0.39, 0.29) is 17.3 Å². The molecule has 3 aromatic rings. The number of benzene rings is 1. The van der Waals surface area contributed by atoms with E-state index >= 15 is 0 Å². The second-order valence-corrected chi connectivity index (χ2v) is 6.94. The summed E-state index contributed by atoms with van der Waals surface area (Å²) >= 11 is 0. The first-order chi connectivity index (χ1) is 14.1. The highest BCUT2D eigenvalue weighted by Gasteiger charge is 2.30. The van der Waals surface area contributed by atoms with Crippen LogP contribution in [0, 0.1) is 0 Å². The number of nitrogens with one attached hydrogen (secondary N) is 1. The smallest absolute Gasteiger partial charge is 0.416 e. The monoisotopic (exact) mass is 420 g/mol. The molecule has 1 atom stereocenters. The largest absolute Gasteiger partial charge is 0.449 e. The topological polar surface area (TPSA) is 86.1 Å². The van der Waals surface area contributed by atoms with E-state index in [0.29, 0.717) is 11.0 Å². The molecule has 0 radical (unpaired) electrons. The third kappa shape index (κ3) is 4.58. The van der Waals surface area contributed by atoms with E-state index in [1.165, 1.54) is 25.3 Å². The summed E-state index contributed by atoms with van der Waals surface area (Å²) < 4.78 is 45.2. The molecule has 1 N–H and O–H groups in total. The van der Waals surface area contributed by atoms with Gasteiger partial charge in [0.15, 0.2) is 11.8 Å². The molecule has 0 aliphatic heterocycles. The van der Waals surface area contributed by atoms with E-state index in [2.05, 4.69) is 15.4 Å². The average molecular weight is 420 g/mol. The molecule has 1 aromatic carbocycles. The molecule has 2 heterocycles. The van der Waals surface area contributed by atoms with Crippen molar-refractivity contribution in [3.05, 3.63) is 53.9 Å². The lowest BCUT2D eigenvalue weighted by Crippen LogP contribution is -2.30. The Kier molecular flexibility index (Phi) is 5.77. The van der Waals surface area contributed by atoms with Crippen LogP contribution in [-0.2, 0) is 15.7 Å². The lowest BCUT2D eigenvalue weighted by molar-refractivity contribution is -0.137. The van der Waals surface area contributed by atoms with E-state index in [1.807, 2.05) is 13.8 Å². The quantitative estimate of drug-likeness (QED) is 0.625. The number of halogens is 3. The van der Waals surface area contributed by atoms with Crippen LogP contribution in [0.25, 0.3) is 11.0 Å². The van der Waals surface area contributed by atoms with Crippen molar-refractivity contribution in [1.82, 2.24) is 14.8 Å². The number of anilines is 1. The number of rotatable bonds is 5. The maximum Gasteiger partial charge on any atom is 0.416 e. The number of amides is 1. The molecule has 0 aliphatic rings. The molecule has 158 valence electrons. The lowest BCUT2D eigenvalue weighted by Gasteiger charge is -2.14. The van der Waals surface area contributed by atoms with Crippen LogP contribution in [0.3, 0.4) is 0 Å². The number of hydrogen-bond donors (Lipinski definition) is 1. The average Bonchev–Trinajstić information content (AvgIpc) is 3.11. The molecule has 2 aromatic heterocycles. The van der Waals surface area contributed by atoms with Gasteiger partial charge in [-0.3, -0.25) is 4.79 Å². The van der Waals surface area contributed by atoms with Crippen molar-refractivity contribution in [3.63, 3.8) is 0 Å². The summed E-state index contributed by atoms with van der Waals surface area (Å²) in [6.45, 7) is 5.21.